The van der Waals surface area contributed by atoms with E-state index >= 15 is 0 Å². The molecule has 0 saturated carbocycles. The predicted octanol–water partition coefficient (Wildman–Crippen LogP) is 3.15. The van der Waals surface area contributed by atoms with Gasteiger partial charge in [-0.2, -0.15) is 8.78 Å². The molecule has 1 nitrogen and oxygen atoms in total. The first-order valence-corrected chi connectivity index (χ1v) is 5.19. The lowest BCUT2D eigenvalue weighted by atomic mass is 9.94. The highest BCUT2D eigenvalue weighted by molar-refractivity contribution is 14.1. The monoisotopic (exact) mass is 312 g/mol. The molecule has 1 N–H and O–H groups in total. The number of alkyl halides is 2. The quantitative estimate of drug-likeness (QED) is 0.832. The summed E-state index contributed by atoms with van der Waals surface area (Å²) in [5.41, 5.74) is -2.20. The molecule has 0 fully saturated rings. The largest absolute Gasteiger partial charge is 0.384 e. The summed E-state index contributed by atoms with van der Waals surface area (Å²) >= 11 is 1.96. The Morgan fingerprint density at radius 3 is 2.29 bits per heavy atom. The molecule has 0 aliphatic carbocycles. The summed E-state index contributed by atoms with van der Waals surface area (Å²) in [5, 5.41) is 9.34. The number of halogens is 3. The van der Waals surface area contributed by atoms with Gasteiger partial charge in [0.15, 0.2) is 0 Å². The van der Waals surface area contributed by atoms with Gasteiger partial charge < -0.3 is 5.11 Å². The minimum atomic E-state index is -3.23. The summed E-state index contributed by atoms with van der Waals surface area (Å²) in [7, 11) is 0. The Hall–Kier alpha value is -0.230. The van der Waals surface area contributed by atoms with E-state index in [1.165, 1.54) is 12.1 Å². The zero-order valence-electron chi connectivity index (χ0n) is 7.89. The molecular formula is C10H11F2IO. The molecule has 1 aromatic rings. The van der Waals surface area contributed by atoms with E-state index in [-0.39, 0.29) is 5.56 Å². The van der Waals surface area contributed by atoms with Gasteiger partial charge in [0.25, 0.3) is 0 Å². The summed E-state index contributed by atoms with van der Waals surface area (Å²) in [6.07, 6.45) is 0. The van der Waals surface area contributed by atoms with E-state index in [9.17, 15) is 13.9 Å². The second-order valence-electron chi connectivity index (χ2n) is 3.64. The van der Waals surface area contributed by atoms with E-state index in [2.05, 4.69) is 0 Å². The van der Waals surface area contributed by atoms with Gasteiger partial charge in [0.1, 0.15) is 5.60 Å². The van der Waals surface area contributed by atoms with Crippen LogP contribution in [0.3, 0.4) is 0 Å². The molecule has 4 heteroatoms. The van der Waals surface area contributed by atoms with Crippen LogP contribution in [0.2, 0.25) is 0 Å². The molecule has 1 aromatic carbocycles. The van der Waals surface area contributed by atoms with Crippen molar-refractivity contribution < 1.29 is 13.9 Å². The van der Waals surface area contributed by atoms with Crippen molar-refractivity contribution in [3.63, 3.8) is 0 Å². The highest BCUT2D eigenvalue weighted by Crippen LogP contribution is 2.38. The van der Waals surface area contributed by atoms with Gasteiger partial charge in [-0.25, -0.2) is 0 Å². The molecule has 0 amide bonds. The normalized spacial score (nSPS) is 13.0. The lowest BCUT2D eigenvalue weighted by Crippen LogP contribution is -2.40. The van der Waals surface area contributed by atoms with Gasteiger partial charge in [-0.05, 0) is 48.6 Å². The summed E-state index contributed by atoms with van der Waals surface area (Å²) in [5.74, 6) is -3.23. The average Bonchev–Trinajstić information content (AvgIpc) is 2.02. The number of hydrogen-bond acceptors (Lipinski definition) is 1. The fraction of sp³-hybridized carbons (Fsp3) is 0.400. The van der Waals surface area contributed by atoms with Crippen molar-refractivity contribution in [2.75, 3.05) is 0 Å². The first-order valence-electron chi connectivity index (χ1n) is 4.11. The van der Waals surface area contributed by atoms with Crippen molar-refractivity contribution in [3.05, 3.63) is 33.4 Å². The van der Waals surface area contributed by atoms with Crippen molar-refractivity contribution in [1.82, 2.24) is 0 Å². The van der Waals surface area contributed by atoms with Crippen LogP contribution >= 0.6 is 22.6 Å². The molecule has 14 heavy (non-hydrogen) atoms. The Balaban J connectivity index is 3.16. The number of benzene rings is 1. The molecule has 0 saturated heterocycles. The topological polar surface area (TPSA) is 20.2 Å². The summed E-state index contributed by atoms with van der Waals surface area (Å²) < 4.78 is 27.9. The van der Waals surface area contributed by atoms with E-state index in [0.717, 1.165) is 17.4 Å². The van der Waals surface area contributed by atoms with E-state index in [4.69, 9.17) is 0 Å². The highest BCUT2D eigenvalue weighted by Gasteiger charge is 2.46. The van der Waals surface area contributed by atoms with E-state index in [0.29, 0.717) is 0 Å². The minimum Gasteiger partial charge on any atom is -0.384 e. The van der Waals surface area contributed by atoms with Gasteiger partial charge in [-0.3, -0.25) is 0 Å². The fourth-order valence-electron chi connectivity index (χ4n) is 1.04. The van der Waals surface area contributed by atoms with Gasteiger partial charge >= 0.3 is 5.92 Å². The maximum absolute atomic E-state index is 13.6. The van der Waals surface area contributed by atoms with E-state index < -0.39 is 11.5 Å². The van der Waals surface area contributed by atoms with Crippen molar-refractivity contribution in [1.29, 1.82) is 0 Å². The predicted molar refractivity (Wildman–Crippen MR) is 59.4 cm³/mol. The van der Waals surface area contributed by atoms with Gasteiger partial charge in [-0.1, -0.05) is 12.1 Å². The second kappa shape index (κ2) is 3.73. The third-order valence-electron chi connectivity index (χ3n) is 1.96. The Labute approximate surface area is 95.3 Å². The van der Waals surface area contributed by atoms with Crippen LogP contribution < -0.4 is 0 Å². The van der Waals surface area contributed by atoms with E-state index in [1.54, 1.807) is 12.1 Å². The molecule has 1 rings (SSSR count). The molecule has 0 aromatic heterocycles. The zero-order valence-corrected chi connectivity index (χ0v) is 10.0. The number of hydrogen-bond donors (Lipinski definition) is 1. The number of aliphatic hydroxyl groups is 1. The first-order chi connectivity index (χ1) is 6.25. The smallest absolute Gasteiger partial charge is 0.300 e. The van der Waals surface area contributed by atoms with Crippen LogP contribution in [0.25, 0.3) is 0 Å². The highest BCUT2D eigenvalue weighted by atomic mass is 127. The van der Waals surface area contributed by atoms with E-state index in [1.807, 2.05) is 22.6 Å². The fourth-order valence-corrected chi connectivity index (χ4v) is 1.58. The minimum absolute atomic E-state index is 0.156. The molecule has 0 bridgehead atoms. The van der Waals surface area contributed by atoms with Crippen LogP contribution in [0.1, 0.15) is 19.4 Å². The second-order valence-corrected chi connectivity index (χ2v) is 4.89. The molecule has 0 heterocycles. The molecule has 0 atom stereocenters. The van der Waals surface area contributed by atoms with Gasteiger partial charge in [0.05, 0.1) is 0 Å². The summed E-state index contributed by atoms with van der Waals surface area (Å²) in [6, 6.07) is 5.97. The first kappa shape index (κ1) is 11.8. The lowest BCUT2D eigenvalue weighted by molar-refractivity contribution is -0.168. The maximum atomic E-state index is 13.6. The lowest BCUT2D eigenvalue weighted by Gasteiger charge is -2.29. The van der Waals surface area contributed by atoms with Crippen LogP contribution in [-0.4, -0.2) is 10.7 Å². The Morgan fingerprint density at radius 1 is 1.29 bits per heavy atom. The van der Waals surface area contributed by atoms with Gasteiger partial charge in [0, 0.05) is 9.13 Å². The Morgan fingerprint density at radius 2 is 1.86 bits per heavy atom. The van der Waals surface area contributed by atoms with Crippen molar-refractivity contribution >= 4 is 22.6 Å². The zero-order chi connectivity index (χ0) is 11.0. The SMILES string of the molecule is CC(C)(O)C(F)(F)c1cccc(I)c1. The van der Waals surface area contributed by atoms with Crippen LogP contribution in [0.15, 0.2) is 24.3 Å². The van der Waals surface area contributed by atoms with Crippen LogP contribution in [0.4, 0.5) is 8.78 Å². The molecular weight excluding hydrogens is 301 g/mol. The van der Waals surface area contributed by atoms with Crippen LogP contribution in [0.5, 0.6) is 0 Å². The van der Waals surface area contributed by atoms with Crippen molar-refractivity contribution in [3.8, 4) is 0 Å². The van der Waals surface area contributed by atoms with Crippen molar-refractivity contribution in [2.24, 2.45) is 0 Å². The molecule has 78 valence electrons. The van der Waals surface area contributed by atoms with Crippen LogP contribution in [0, 0.1) is 3.57 Å². The molecule has 0 spiro atoms. The average molecular weight is 312 g/mol. The standard InChI is InChI=1S/C10H11F2IO/c1-9(2,14)10(11,12)7-4-3-5-8(13)6-7/h3-6,14H,1-2H3. The molecule has 0 aliphatic rings. The van der Waals surface area contributed by atoms with Gasteiger partial charge in [-0.15, -0.1) is 0 Å². The molecule has 0 aliphatic heterocycles. The third-order valence-corrected chi connectivity index (χ3v) is 2.63. The third kappa shape index (κ3) is 2.23. The maximum Gasteiger partial charge on any atom is 0.300 e. The van der Waals surface area contributed by atoms with Crippen molar-refractivity contribution in [2.45, 2.75) is 25.4 Å². The summed E-state index contributed by atoms with van der Waals surface area (Å²) in [6.45, 7) is 2.21. The Kier molecular flexibility index (Phi) is 3.16. The number of rotatable bonds is 2. The Bertz CT molecular complexity index is 331. The van der Waals surface area contributed by atoms with Gasteiger partial charge in [0.2, 0.25) is 0 Å². The molecule has 0 unspecified atom stereocenters. The summed E-state index contributed by atoms with van der Waals surface area (Å²) in [4.78, 5) is 0. The molecule has 0 radical (unpaired) electrons. The van der Waals surface area contributed by atoms with Crippen LogP contribution in [-0.2, 0) is 5.92 Å².